The number of thiophene rings is 1. The van der Waals surface area contributed by atoms with Gasteiger partial charge in [-0.1, -0.05) is 0 Å². The van der Waals surface area contributed by atoms with Crippen LogP contribution in [0, 0.1) is 12.7 Å². The number of benzene rings is 1. The summed E-state index contributed by atoms with van der Waals surface area (Å²) in [5.74, 6) is 0.207. The monoisotopic (exact) mass is 363 g/mol. The van der Waals surface area contributed by atoms with Gasteiger partial charge in [0.1, 0.15) is 15.8 Å². The number of hydrogen-bond donors (Lipinski definition) is 2. The van der Waals surface area contributed by atoms with E-state index >= 15 is 0 Å². The first-order valence-corrected chi connectivity index (χ1v) is 9.30. The van der Waals surface area contributed by atoms with Crippen molar-refractivity contribution in [2.24, 2.45) is 0 Å². The number of sulfonamides is 1. The zero-order chi connectivity index (χ0) is 17.2. The highest BCUT2D eigenvalue weighted by Crippen LogP contribution is 2.24. The van der Waals surface area contributed by atoms with Crippen molar-refractivity contribution in [1.82, 2.24) is 4.98 Å². The summed E-state index contributed by atoms with van der Waals surface area (Å²) >= 11 is 1.21. The molecule has 0 spiro atoms. The maximum atomic E-state index is 12.9. The van der Waals surface area contributed by atoms with Gasteiger partial charge < -0.3 is 5.32 Å². The minimum atomic E-state index is -3.60. The van der Waals surface area contributed by atoms with E-state index in [2.05, 4.69) is 15.0 Å². The van der Waals surface area contributed by atoms with Crippen LogP contribution in [0.3, 0.4) is 0 Å². The Labute approximate surface area is 143 Å². The fourth-order valence-corrected chi connectivity index (χ4v) is 4.30. The van der Waals surface area contributed by atoms with E-state index in [0.717, 1.165) is 4.88 Å². The number of aromatic nitrogens is 1. The predicted molar refractivity (Wildman–Crippen MR) is 93.8 cm³/mol. The van der Waals surface area contributed by atoms with Gasteiger partial charge in [0.25, 0.3) is 10.0 Å². The third-order valence-corrected chi connectivity index (χ3v) is 5.99. The molecule has 0 aliphatic carbocycles. The lowest BCUT2D eigenvalue weighted by Gasteiger charge is -2.08. The Morgan fingerprint density at radius 1 is 1.00 bits per heavy atom. The lowest BCUT2D eigenvalue weighted by atomic mass is 10.3. The normalized spacial score (nSPS) is 11.2. The Hall–Kier alpha value is -2.45. The average Bonchev–Trinajstić information content (AvgIpc) is 2.99. The van der Waals surface area contributed by atoms with Crippen LogP contribution in [0.5, 0.6) is 0 Å². The van der Waals surface area contributed by atoms with Crippen LogP contribution in [0.1, 0.15) is 4.88 Å². The molecule has 2 N–H and O–H groups in total. The molecule has 0 amide bonds. The fraction of sp³-hybridized carbons (Fsp3) is 0.0625. The van der Waals surface area contributed by atoms with E-state index in [1.165, 1.54) is 29.7 Å². The molecular weight excluding hydrogens is 349 g/mol. The number of aryl methyl sites for hydroxylation is 1. The summed E-state index contributed by atoms with van der Waals surface area (Å²) in [5.41, 5.74) is 1.05. The van der Waals surface area contributed by atoms with Gasteiger partial charge in [-0.25, -0.2) is 17.8 Å². The van der Waals surface area contributed by atoms with Crippen molar-refractivity contribution in [2.45, 2.75) is 11.1 Å². The number of anilines is 3. The molecule has 2 heterocycles. The molecule has 0 fully saturated rings. The molecule has 0 unspecified atom stereocenters. The van der Waals surface area contributed by atoms with E-state index in [1.807, 2.05) is 6.92 Å². The first kappa shape index (κ1) is 16.4. The van der Waals surface area contributed by atoms with Crippen molar-refractivity contribution in [3.8, 4) is 0 Å². The van der Waals surface area contributed by atoms with Crippen molar-refractivity contribution in [2.75, 3.05) is 10.0 Å². The number of pyridine rings is 1. The van der Waals surface area contributed by atoms with E-state index in [-0.39, 0.29) is 10.0 Å². The van der Waals surface area contributed by atoms with E-state index in [9.17, 15) is 12.8 Å². The van der Waals surface area contributed by atoms with E-state index < -0.39 is 10.0 Å². The van der Waals surface area contributed by atoms with Crippen LogP contribution in [0.25, 0.3) is 0 Å². The van der Waals surface area contributed by atoms with Crippen LogP contribution in [0.15, 0.2) is 58.9 Å². The standard InChI is InChI=1S/C16H14FN3O2S2/c1-11-2-9-16(23-11)24(21,22)20-14-7-8-15(18-10-14)19-13-5-3-12(17)4-6-13/h2-10,20H,1H3,(H,18,19). The smallest absolute Gasteiger partial charge is 0.271 e. The van der Waals surface area contributed by atoms with Gasteiger partial charge in [0.2, 0.25) is 0 Å². The third kappa shape index (κ3) is 3.90. The Bertz CT molecular complexity index is 936. The van der Waals surface area contributed by atoms with E-state index in [0.29, 0.717) is 17.2 Å². The molecule has 0 bridgehead atoms. The van der Waals surface area contributed by atoms with Gasteiger partial charge in [-0.15, -0.1) is 11.3 Å². The van der Waals surface area contributed by atoms with Gasteiger partial charge in [0.05, 0.1) is 11.9 Å². The van der Waals surface area contributed by atoms with Gasteiger partial charge in [-0.3, -0.25) is 4.72 Å². The second kappa shape index (κ2) is 6.58. The van der Waals surface area contributed by atoms with Gasteiger partial charge in [-0.2, -0.15) is 0 Å². The van der Waals surface area contributed by atoms with Gasteiger partial charge in [0.15, 0.2) is 0 Å². The number of rotatable bonds is 5. The molecule has 3 aromatic rings. The highest BCUT2D eigenvalue weighted by Gasteiger charge is 2.16. The molecule has 5 nitrogen and oxygen atoms in total. The molecule has 0 aliphatic rings. The molecular formula is C16H14FN3O2S2. The molecule has 0 atom stereocenters. The Morgan fingerprint density at radius 3 is 2.29 bits per heavy atom. The summed E-state index contributed by atoms with van der Waals surface area (Å²) in [6, 6.07) is 12.4. The lowest BCUT2D eigenvalue weighted by molar-refractivity contribution is 0.603. The highest BCUT2D eigenvalue weighted by molar-refractivity contribution is 7.94. The van der Waals surface area contributed by atoms with Gasteiger partial charge in [-0.05, 0) is 55.5 Å². The maximum Gasteiger partial charge on any atom is 0.271 e. The van der Waals surface area contributed by atoms with Crippen LogP contribution in [-0.4, -0.2) is 13.4 Å². The van der Waals surface area contributed by atoms with Gasteiger partial charge >= 0.3 is 0 Å². The van der Waals surface area contributed by atoms with Crippen LogP contribution in [-0.2, 0) is 10.0 Å². The van der Waals surface area contributed by atoms with Crippen LogP contribution in [0.4, 0.5) is 21.6 Å². The van der Waals surface area contributed by atoms with Crippen molar-refractivity contribution < 1.29 is 12.8 Å². The molecule has 124 valence electrons. The molecule has 8 heteroatoms. The van der Waals surface area contributed by atoms with Gasteiger partial charge in [0, 0.05) is 10.6 Å². The summed E-state index contributed by atoms with van der Waals surface area (Å²) in [4.78, 5) is 5.07. The van der Waals surface area contributed by atoms with Crippen LogP contribution >= 0.6 is 11.3 Å². The van der Waals surface area contributed by atoms with E-state index in [4.69, 9.17) is 0 Å². The second-order valence-corrected chi connectivity index (χ2v) is 8.23. The number of hydrogen-bond acceptors (Lipinski definition) is 5. The highest BCUT2D eigenvalue weighted by atomic mass is 32.2. The largest absolute Gasteiger partial charge is 0.340 e. The quantitative estimate of drug-likeness (QED) is 0.715. The first-order valence-electron chi connectivity index (χ1n) is 7.00. The molecule has 3 rings (SSSR count). The summed E-state index contributed by atoms with van der Waals surface area (Å²) in [5, 5.41) is 3.00. The van der Waals surface area contributed by atoms with Crippen molar-refractivity contribution in [3.05, 3.63) is 65.4 Å². The minimum absolute atomic E-state index is 0.258. The molecule has 0 saturated carbocycles. The van der Waals surface area contributed by atoms with Crippen LogP contribution in [0.2, 0.25) is 0 Å². The first-order chi connectivity index (χ1) is 11.4. The van der Waals surface area contributed by atoms with E-state index in [1.54, 1.807) is 36.4 Å². The zero-order valence-corrected chi connectivity index (χ0v) is 14.3. The fourth-order valence-electron chi connectivity index (χ4n) is 1.97. The molecule has 2 aromatic heterocycles. The Morgan fingerprint density at radius 2 is 1.71 bits per heavy atom. The molecule has 0 radical (unpaired) electrons. The number of nitrogens with one attached hydrogen (secondary N) is 2. The van der Waals surface area contributed by atoms with Crippen molar-refractivity contribution in [1.29, 1.82) is 0 Å². The topological polar surface area (TPSA) is 71.1 Å². The molecule has 0 saturated heterocycles. The predicted octanol–water partition coefficient (Wildman–Crippen LogP) is 4.14. The Kier molecular flexibility index (Phi) is 4.50. The summed E-state index contributed by atoms with van der Waals surface area (Å²) in [6.07, 6.45) is 1.42. The van der Waals surface area contributed by atoms with Crippen LogP contribution < -0.4 is 10.0 Å². The summed E-state index contributed by atoms with van der Waals surface area (Å²) in [7, 11) is -3.60. The van der Waals surface area contributed by atoms with Crippen molar-refractivity contribution in [3.63, 3.8) is 0 Å². The number of nitrogens with zero attached hydrogens (tertiary/aromatic N) is 1. The summed E-state index contributed by atoms with van der Waals surface area (Å²) in [6.45, 7) is 1.85. The average molecular weight is 363 g/mol. The molecule has 0 aliphatic heterocycles. The second-order valence-electron chi connectivity index (χ2n) is 5.03. The zero-order valence-electron chi connectivity index (χ0n) is 12.7. The summed E-state index contributed by atoms with van der Waals surface area (Å²) < 4.78 is 40.1. The number of halogens is 1. The lowest BCUT2D eigenvalue weighted by Crippen LogP contribution is -2.11. The van der Waals surface area contributed by atoms with Crippen molar-refractivity contribution >= 4 is 38.6 Å². The third-order valence-electron chi connectivity index (χ3n) is 3.11. The molecule has 24 heavy (non-hydrogen) atoms. The molecule has 1 aromatic carbocycles. The maximum absolute atomic E-state index is 12.9. The SMILES string of the molecule is Cc1ccc(S(=O)(=O)Nc2ccc(Nc3ccc(F)cc3)nc2)s1. The minimum Gasteiger partial charge on any atom is -0.340 e. The Balaban J connectivity index is 1.71.